The monoisotopic (exact) mass is 129 g/mol. The fraction of sp³-hybridized carbons (Fsp3) is 0. The highest BCUT2D eigenvalue weighted by Crippen LogP contribution is 1.98. The van der Waals surface area contributed by atoms with Crippen molar-refractivity contribution >= 4 is 17.6 Å². The number of nitrogens with one attached hydrogen (secondary N) is 1. The van der Waals surface area contributed by atoms with Gasteiger partial charge in [-0.3, -0.25) is 5.16 Å². The van der Waals surface area contributed by atoms with Gasteiger partial charge in [-0.05, 0) is 5.66 Å². The second-order valence-corrected chi connectivity index (χ2v) is 2.02. The van der Waals surface area contributed by atoms with Gasteiger partial charge in [0.25, 0.3) is 0 Å². The minimum atomic E-state index is 0.355. The molecule has 0 saturated heterocycles. The van der Waals surface area contributed by atoms with Crippen LogP contribution in [-0.4, -0.2) is 0 Å². The molecule has 36 valence electrons. The van der Waals surface area contributed by atoms with Gasteiger partial charge < -0.3 is 0 Å². The maximum absolute atomic E-state index is 6.54. The molecule has 0 aromatic carbocycles. The molecule has 1 nitrogen and oxygen atoms in total. The Kier molecular flexibility index (Phi) is 3.90. The Hall–Kier alpha value is -0.170. The number of hydrogen-bond acceptors (Lipinski definition) is 1. The summed E-state index contributed by atoms with van der Waals surface area (Å²) in [6.45, 7) is 3.49. The first-order valence-corrected chi connectivity index (χ1v) is 3.06. The van der Waals surface area contributed by atoms with Gasteiger partial charge in [-0.1, -0.05) is 21.7 Å². The van der Waals surface area contributed by atoms with Gasteiger partial charge in [-0.25, -0.2) is 0 Å². The van der Waals surface area contributed by atoms with Gasteiger partial charge in [-0.2, -0.15) is 0 Å². The summed E-state index contributed by atoms with van der Waals surface area (Å²) >= 11 is 0. The van der Waals surface area contributed by atoms with Gasteiger partial charge in [-0.15, -0.1) is 0 Å². The molecule has 0 spiro atoms. The van der Waals surface area contributed by atoms with Crippen LogP contribution in [0.15, 0.2) is 11.9 Å². The van der Waals surface area contributed by atoms with Crippen molar-refractivity contribution in [3.8, 4) is 11.6 Å². The first-order valence-electron chi connectivity index (χ1n) is 1.59. The Morgan fingerprint density at radius 3 is 2.57 bits per heavy atom. The predicted octanol–water partition coefficient (Wildman–Crippen LogP) is 2.04. The van der Waals surface area contributed by atoms with E-state index in [9.17, 15) is 0 Å². The lowest BCUT2D eigenvalue weighted by molar-refractivity contribution is 1.65. The van der Waals surface area contributed by atoms with E-state index in [1.54, 1.807) is 0 Å². The van der Waals surface area contributed by atoms with Crippen molar-refractivity contribution in [3.63, 3.8) is 0 Å². The Labute approximate surface area is 47.1 Å². The number of rotatable bonds is 0. The summed E-state index contributed by atoms with van der Waals surface area (Å²) in [4.78, 5) is 0. The number of allylic oxidation sites excluding steroid dienone is 1. The van der Waals surface area contributed by atoms with Crippen molar-refractivity contribution in [2.75, 3.05) is 0 Å². The molecule has 0 aliphatic heterocycles. The summed E-state index contributed by atoms with van der Waals surface area (Å²) in [7, 11) is 2.71. The molecule has 0 saturated carbocycles. The second kappa shape index (κ2) is 4.00. The van der Waals surface area contributed by atoms with Crippen LogP contribution in [0.3, 0.4) is 0 Å². The van der Waals surface area contributed by atoms with Crippen LogP contribution in [0.2, 0.25) is 0 Å². The van der Waals surface area contributed by atoms with Gasteiger partial charge in [0.05, 0.1) is 8.37 Å². The normalized spacial score (nSPS) is 7.00. The topological polar surface area (TPSA) is 23.9 Å². The minimum absolute atomic E-state index is 0.355. The molecule has 0 aliphatic rings. The van der Waals surface area contributed by atoms with Crippen LogP contribution in [0.25, 0.3) is 0 Å². The molecule has 3 heteroatoms. The average molecular weight is 129 g/mol. The average Bonchev–Trinajstić information content (AvgIpc) is 1.61. The van der Waals surface area contributed by atoms with Crippen LogP contribution >= 0.6 is 17.6 Å². The molecule has 0 amide bonds. The van der Waals surface area contributed by atoms with Gasteiger partial charge in [0.2, 0.25) is 0 Å². The fourth-order valence-corrected chi connectivity index (χ4v) is 0.493. The molecule has 0 aromatic rings. The van der Waals surface area contributed by atoms with E-state index in [4.69, 9.17) is 5.16 Å². The van der Waals surface area contributed by atoms with Crippen LogP contribution in [0, 0.1) is 16.7 Å². The van der Waals surface area contributed by atoms with Crippen LogP contribution in [-0.2, 0) is 0 Å². The molecule has 0 aromatic heterocycles. The minimum Gasteiger partial charge on any atom is -0.272 e. The lowest BCUT2D eigenvalue weighted by Gasteiger charge is -1.69. The molecule has 0 fully saturated rings. The lowest BCUT2D eigenvalue weighted by Crippen LogP contribution is -1.47. The van der Waals surface area contributed by atoms with Crippen molar-refractivity contribution in [1.82, 2.24) is 0 Å². The lowest BCUT2D eigenvalue weighted by atomic mass is 10.7. The second-order valence-electron chi connectivity index (χ2n) is 0.874. The largest absolute Gasteiger partial charge is 0.272 e. The molecule has 0 aliphatic carbocycles. The third kappa shape index (κ3) is 5.83. The van der Waals surface area contributed by atoms with E-state index in [1.165, 1.54) is 0 Å². The van der Waals surface area contributed by atoms with Gasteiger partial charge in [0.1, 0.15) is 0 Å². The highest BCUT2D eigenvalue weighted by atomic mass is 31.1. The van der Waals surface area contributed by atoms with Crippen molar-refractivity contribution in [3.05, 3.63) is 11.9 Å². The molecule has 0 heterocycles. The zero-order chi connectivity index (χ0) is 5.70. The van der Waals surface area contributed by atoms with E-state index < -0.39 is 0 Å². The number of hydrogen-bond donors (Lipinski definition) is 1. The summed E-state index contributed by atoms with van der Waals surface area (Å²) in [5.41, 5.74) is 2.52. The Morgan fingerprint density at radius 2 is 2.43 bits per heavy atom. The molecule has 0 bridgehead atoms. The van der Waals surface area contributed by atoms with E-state index >= 15 is 0 Å². The third-order valence-corrected chi connectivity index (χ3v) is 0.640. The fourth-order valence-electron chi connectivity index (χ4n) is 0.0998. The maximum Gasteiger partial charge on any atom is 0.0900 e. The van der Waals surface area contributed by atoms with Crippen molar-refractivity contribution in [2.24, 2.45) is 0 Å². The van der Waals surface area contributed by atoms with Gasteiger partial charge in [0.15, 0.2) is 0 Å². The van der Waals surface area contributed by atoms with Crippen molar-refractivity contribution in [1.29, 1.82) is 5.16 Å². The van der Waals surface area contributed by atoms with E-state index in [0.717, 1.165) is 5.31 Å². The molecule has 7 heavy (non-hydrogen) atoms. The molecule has 0 rings (SSSR count). The molecular weight excluding hydrogens is 124 g/mol. The van der Waals surface area contributed by atoms with Crippen LogP contribution in [0.5, 0.6) is 0 Å². The summed E-state index contributed by atoms with van der Waals surface area (Å²) in [5, 5.41) is 7.28. The Balaban J connectivity index is 3.66. The summed E-state index contributed by atoms with van der Waals surface area (Å²) in [6.07, 6.45) is 0. The van der Waals surface area contributed by atoms with E-state index in [0.29, 0.717) is 8.37 Å². The van der Waals surface area contributed by atoms with Crippen LogP contribution < -0.4 is 0 Å². The van der Waals surface area contributed by atoms with E-state index in [1.807, 2.05) is 0 Å². The summed E-state index contributed by atoms with van der Waals surface area (Å²) < 4.78 is 0. The molecule has 1 unspecified atom stereocenters. The molecule has 1 N–H and O–H groups in total. The third-order valence-electron chi connectivity index (χ3n) is 0.272. The van der Waals surface area contributed by atoms with Crippen LogP contribution in [0.1, 0.15) is 0 Å². The first-order chi connectivity index (χ1) is 3.27. The zero-order valence-electron chi connectivity index (χ0n) is 3.73. The smallest absolute Gasteiger partial charge is 0.0900 e. The van der Waals surface area contributed by atoms with E-state index in [-0.39, 0.29) is 0 Å². The molecule has 1 atom stereocenters. The maximum atomic E-state index is 6.54. The summed E-state index contributed by atoms with van der Waals surface area (Å²) in [6, 6.07) is 0. The standard InChI is InChI=1S/C4H5NP2/c1-4(6)2-3-7-5/h5H,1,6H2. The highest BCUT2D eigenvalue weighted by molar-refractivity contribution is 7.31. The molecule has 0 radical (unpaired) electrons. The summed E-state index contributed by atoms with van der Waals surface area (Å²) in [5.74, 6) is 2.61. The van der Waals surface area contributed by atoms with E-state index in [2.05, 4.69) is 27.4 Å². The predicted molar refractivity (Wildman–Crippen MR) is 36.3 cm³/mol. The SMILES string of the molecule is C=C(P)C#CP=N. The molecular formula is C4H5NP2. The Morgan fingerprint density at radius 1 is 1.86 bits per heavy atom. The first kappa shape index (κ1) is 6.83. The zero-order valence-corrected chi connectivity index (χ0v) is 5.78. The van der Waals surface area contributed by atoms with Crippen molar-refractivity contribution in [2.45, 2.75) is 0 Å². The highest BCUT2D eigenvalue weighted by Gasteiger charge is 1.64. The quantitative estimate of drug-likeness (QED) is 0.382. The van der Waals surface area contributed by atoms with Gasteiger partial charge >= 0.3 is 0 Å². The van der Waals surface area contributed by atoms with Gasteiger partial charge in [0, 0.05) is 5.31 Å². The van der Waals surface area contributed by atoms with Crippen LogP contribution in [0.4, 0.5) is 0 Å². The van der Waals surface area contributed by atoms with Crippen molar-refractivity contribution < 1.29 is 0 Å². The Bertz CT molecular complexity index is 140.